The smallest absolute Gasteiger partial charge is 0.259 e. The lowest BCUT2D eigenvalue weighted by Crippen LogP contribution is -2.13. The average molecular weight is 324 g/mol. The van der Waals surface area contributed by atoms with Gasteiger partial charge in [-0.25, -0.2) is 0 Å². The minimum atomic E-state index is -0.533. The Labute approximate surface area is 136 Å². The summed E-state index contributed by atoms with van der Waals surface area (Å²) < 4.78 is 0. The first-order valence-corrected chi connectivity index (χ1v) is 7.05. The van der Waals surface area contributed by atoms with Crippen LogP contribution in [0.3, 0.4) is 0 Å². The molecule has 0 saturated heterocycles. The molecule has 2 aromatic carbocycles. The van der Waals surface area contributed by atoms with E-state index in [1.165, 1.54) is 24.4 Å². The summed E-state index contributed by atoms with van der Waals surface area (Å²) in [5, 5.41) is 23.1. The number of aromatic hydroxyl groups is 1. The highest BCUT2D eigenvalue weighted by atomic mass is 35.5. The third kappa shape index (κ3) is 2.80. The van der Waals surface area contributed by atoms with E-state index in [-0.39, 0.29) is 16.9 Å². The predicted octanol–water partition coefficient (Wildman–Crippen LogP) is 3.72. The topological polar surface area (TPSA) is 86.0 Å². The lowest BCUT2D eigenvalue weighted by atomic mass is 10.1. The SMILES string of the molecule is N#Cc1cc(Cl)ccc1NC(=O)c1ccc2cccnc2c1O. The molecule has 0 saturated carbocycles. The lowest BCUT2D eigenvalue weighted by Gasteiger charge is -2.10. The normalized spacial score (nSPS) is 10.3. The molecule has 0 aliphatic heterocycles. The monoisotopic (exact) mass is 323 g/mol. The highest BCUT2D eigenvalue weighted by Gasteiger charge is 2.16. The number of phenolic OH excluding ortho intramolecular Hbond substituents is 1. The van der Waals surface area contributed by atoms with Gasteiger partial charge in [-0.1, -0.05) is 23.7 Å². The summed E-state index contributed by atoms with van der Waals surface area (Å²) in [5.41, 5.74) is 0.985. The molecule has 1 aromatic heterocycles. The van der Waals surface area contributed by atoms with Crippen LogP contribution in [0, 0.1) is 11.3 Å². The fourth-order valence-electron chi connectivity index (χ4n) is 2.22. The van der Waals surface area contributed by atoms with Gasteiger partial charge in [-0.2, -0.15) is 5.26 Å². The standard InChI is InChI=1S/C17H10ClN3O2/c18-12-4-6-14(11(8-12)9-19)21-17(23)13-5-3-10-2-1-7-20-15(10)16(13)22/h1-8,22H,(H,21,23). The molecular formula is C17H10ClN3O2. The van der Waals surface area contributed by atoms with Crippen molar-refractivity contribution in [2.75, 3.05) is 5.32 Å². The molecule has 23 heavy (non-hydrogen) atoms. The number of aromatic nitrogens is 1. The van der Waals surface area contributed by atoms with Gasteiger partial charge in [0.2, 0.25) is 0 Å². The number of benzene rings is 2. The second kappa shape index (κ2) is 5.95. The van der Waals surface area contributed by atoms with Crippen LogP contribution in [-0.4, -0.2) is 16.0 Å². The number of fused-ring (bicyclic) bond motifs is 1. The van der Waals surface area contributed by atoms with Gasteiger partial charge in [0.25, 0.3) is 5.91 Å². The zero-order valence-corrected chi connectivity index (χ0v) is 12.5. The zero-order valence-electron chi connectivity index (χ0n) is 11.7. The van der Waals surface area contributed by atoms with Crippen molar-refractivity contribution < 1.29 is 9.90 Å². The third-order valence-electron chi connectivity index (χ3n) is 3.34. The van der Waals surface area contributed by atoms with Gasteiger partial charge in [0.1, 0.15) is 11.6 Å². The maximum absolute atomic E-state index is 12.4. The van der Waals surface area contributed by atoms with Gasteiger partial charge in [0, 0.05) is 16.6 Å². The maximum Gasteiger partial charge on any atom is 0.259 e. The van der Waals surface area contributed by atoms with Gasteiger partial charge in [0.05, 0.1) is 16.8 Å². The van der Waals surface area contributed by atoms with Crippen molar-refractivity contribution in [2.24, 2.45) is 0 Å². The zero-order chi connectivity index (χ0) is 16.4. The van der Waals surface area contributed by atoms with Crippen LogP contribution >= 0.6 is 11.6 Å². The van der Waals surface area contributed by atoms with E-state index < -0.39 is 5.91 Å². The van der Waals surface area contributed by atoms with Crippen molar-refractivity contribution in [3.63, 3.8) is 0 Å². The number of rotatable bonds is 2. The van der Waals surface area contributed by atoms with Gasteiger partial charge < -0.3 is 10.4 Å². The molecule has 0 bridgehead atoms. The van der Waals surface area contributed by atoms with Crippen LogP contribution in [-0.2, 0) is 0 Å². The first kappa shape index (κ1) is 14.8. The first-order valence-electron chi connectivity index (χ1n) is 6.68. The Hall–Kier alpha value is -3.10. The molecular weight excluding hydrogens is 314 g/mol. The number of phenols is 1. The van der Waals surface area contributed by atoms with Crippen molar-refractivity contribution in [3.8, 4) is 11.8 Å². The number of carbonyl (C=O) groups is 1. The quantitative estimate of drug-likeness (QED) is 0.752. The summed E-state index contributed by atoms with van der Waals surface area (Å²) in [7, 11) is 0. The molecule has 0 aliphatic carbocycles. The largest absolute Gasteiger partial charge is 0.505 e. The Kier molecular flexibility index (Phi) is 3.83. The van der Waals surface area contributed by atoms with E-state index >= 15 is 0 Å². The van der Waals surface area contributed by atoms with Crippen LogP contribution in [0.25, 0.3) is 10.9 Å². The Morgan fingerprint density at radius 1 is 1.26 bits per heavy atom. The van der Waals surface area contributed by atoms with E-state index in [0.29, 0.717) is 16.2 Å². The fraction of sp³-hybridized carbons (Fsp3) is 0. The van der Waals surface area contributed by atoms with Gasteiger partial charge >= 0.3 is 0 Å². The Morgan fingerprint density at radius 3 is 2.87 bits per heavy atom. The highest BCUT2D eigenvalue weighted by molar-refractivity contribution is 6.30. The minimum absolute atomic E-state index is 0.0787. The van der Waals surface area contributed by atoms with E-state index in [1.54, 1.807) is 24.3 Å². The fourth-order valence-corrected chi connectivity index (χ4v) is 2.39. The summed E-state index contributed by atoms with van der Waals surface area (Å²) in [6.07, 6.45) is 1.54. The second-order valence-corrected chi connectivity index (χ2v) is 5.23. The number of halogens is 1. The molecule has 0 atom stereocenters. The molecule has 1 amide bonds. The highest BCUT2D eigenvalue weighted by Crippen LogP contribution is 2.28. The Bertz CT molecular complexity index is 964. The van der Waals surface area contributed by atoms with Gasteiger partial charge in [-0.15, -0.1) is 0 Å². The van der Waals surface area contributed by atoms with E-state index in [1.807, 2.05) is 6.07 Å². The molecule has 0 fully saturated rings. The van der Waals surface area contributed by atoms with Crippen molar-refractivity contribution in [1.29, 1.82) is 5.26 Å². The van der Waals surface area contributed by atoms with Crippen LogP contribution in [0.15, 0.2) is 48.7 Å². The van der Waals surface area contributed by atoms with Crippen LogP contribution in [0.1, 0.15) is 15.9 Å². The van der Waals surface area contributed by atoms with Gasteiger partial charge in [-0.3, -0.25) is 9.78 Å². The van der Waals surface area contributed by atoms with Crippen molar-refractivity contribution in [1.82, 2.24) is 4.98 Å². The summed E-state index contributed by atoms with van der Waals surface area (Å²) >= 11 is 5.83. The molecule has 6 heteroatoms. The molecule has 1 heterocycles. The van der Waals surface area contributed by atoms with Crippen molar-refractivity contribution in [3.05, 3.63) is 64.8 Å². The predicted molar refractivity (Wildman–Crippen MR) is 87.5 cm³/mol. The number of nitriles is 1. The number of hydrogen-bond acceptors (Lipinski definition) is 4. The third-order valence-corrected chi connectivity index (χ3v) is 3.58. The molecule has 3 aromatic rings. The second-order valence-electron chi connectivity index (χ2n) is 4.79. The number of nitrogens with zero attached hydrogens (tertiary/aromatic N) is 2. The molecule has 0 spiro atoms. The summed E-state index contributed by atoms with van der Waals surface area (Å²) in [6.45, 7) is 0. The Balaban J connectivity index is 1.99. The van der Waals surface area contributed by atoms with E-state index in [0.717, 1.165) is 5.39 Å². The van der Waals surface area contributed by atoms with Gasteiger partial charge in [-0.05, 0) is 30.3 Å². The summed E-state index contributed by atoms with van der Waals surface area (Å²) in [5.74, 6) is -0.734. The average Bonchev–Trinajstić information content (AvgIpc) is 2.57. The van der Waals surface area contributed by atoms with Crippen LogP contribution < -0.4 is 5.32 Å². The summed E-state index contributed by atoms with van der Waals surface area (Å²) in [6, 6.07) is 13.3. The number of amides is 1. The van der Waals surface area contributed by atoms with Crippen molar-refractivity contribution in [2.45, 2.75) is 0 Å². The first-order chi connectivity index (χ1) is 11.1. The summed E-state index contributed by atoms with van der Waals surface area (Å²) in [4.78, 5) is 16.5. The van der Waals surface area contributed by atoms with Crippen molar-refractivity contribution >= 4 is 34.1 Å². The van der Waals surface area contributed by atoms with Gasteiger partial charge in [0.15, 0.2) is 5.75 Å². The number of pyridine rings is 1. The minimum Gasteiger partial charge on any atom is -0.505 e. The van der Waals surface area contributed by atoms with E-state index in [4.69, 9.17) is 16.9 Å². The van der Waals surface area contributed by atoms with Crippen LogP contribution in [0.4, 0.5) is 5.69 Å². The molecule has 5 nitrogen and oxygen atoms in total. The number of nitrogens with one attached hydrogen (secondary N) is 1. The van der Waals surface area contributed by atoms with E-state index in [2.05, 4.69) is 10.3 Å². The number of carbonyl (C=O) groups excluding carboxylic acids is 1. The molecule has 0 aliphatic rings. The van der Waals surface area contributed by atoms with Crippen LogP contribution in [0.5, 0.6) is 5.75 Å². The molecule has 3 rings (SSSR count). The number of hydrogen-bond donors (Lipinski definition) is 2. The van der Waals surface area contributed by atoms with Crippen LogP contribution in [0.2, 0.25) is 5.02 Å². The van der Waals surface area contributed by atoms with E-state index in [9.17, 15) is 9.90 Å². The Morgan fingerprint density at radius 2 is 2.09 bits per heavy atom. The number of anilines is 1. The molecule has 0 unspecified atom stereocenters. The lowest BCUT2D eigenvalue weighted by molar-refractivity contribution is 0.102. The maximum atomic E-state index is 12.4. The molecule has 2 N–H and O–H groups in total. The molecule has 112 valence electrons. The molecule has 0 radical (unpaired) electrons.